The lowest BCUT2D eigenvalue weighted by Gasteiger charge is -2.20. The van der Waals surface area contributed by atoms with Crippen LogP contribution in [0.5, 0.6) is 0 Å². The second kappa shape index (κ2) is 50.5. The third-order valence-electron chi connectivity index (χ3n) is 12.8. The van der Waals surface area contributed by atoms with E-state index in [0.29, 0.717) is 6.42 Å². The van der Waals surface area contributed by atoms with Gasteiger partial charge in [0.1, 0.15) is 0 Å². The third kappa shape index (κ3) is 46.2. The molecule has 3 N–H and O–H groups in total. The van der Waals surface area contributed by atoms with Crippen LogP contribution in [0, 0.1) is 0 Å². The zero-order chi connectivity index (χ0) is 42.1. The minimum atomic E-state index is -0.833. The fourth-order valence-corrected chi connectivity index (χ4v) is 8.65. The van der Waals surface area contributed by atoms with Gasteiger partial charge in [-0.3, -0.25) is 4.79 Å². The van der Waals surface area contributed by atoms with Crippen LogP contribution in [0.3, 0.4) is 0 Å². The zero-order valence-corrected chi connectivity index (χ0v) is 39.8. The molecule has 0 heterocycles. The number of hydrogen-bond donors (Lipinski definition) is 3. The Kier molecular flexibility index (Phi) is 49.7. The predicted octanol–water partition coefficient (Wildman–Crippen LogP) is 17.4. The van der Waals surface area contributed by atoms with E-state index in [1.165, 1.54) is 263 Å². The van der Waals surface area contributed by atoms with Crippen LogP contribution in [0.15, 0.2) is 12.2 Å². The number of aliphatic hydroxyl groups excluding tert-OH is 2. The molecule has 58 heavy (non-hydrogen) atoms. The minimum Gasteiger partial charge on any atom is -0.394 e. The first kappa shape index (κ1) is 57.1. The Morgan fingerprint density at radius 1 is 0.397 bits per heavy atom. The summed E-state index contributed by atoms with van der Waals surface area (Å²) in [6.07, 6.45) is 65.3. The van der Waals surface area contributed by atoms with E-state index >= 15 is 0 Å². The fourth-order valence-electron chi connectivity index (χ4n) is 8.65. The van der Waals surface area contributed by atoms with Crippen molar-refractivity contribution in [1.29, 1.82) is 0 Å². The number of allylic oxidation sites excluding steroid dienone is 1. The Bertz CT molecular complexity index is 799. The summed E-state index contributed by atoms with van der Waals surface area (Å²) in [6.45, 7) is 4.32. The number of nitrogens with one attached hydrogen (secondary N) is 1. The second-order valence-electron chi connectivity index (χ2n) is 18.7. The van der Waals surface area contributed by atoms with Crippen LogP contribution in [0.1, 0.15) is 309 Å². The quantitative estimate of drug-likeness (QED) is 0.0423. The number of hydrogen-bond acceptors (Lipinski definition) is 3. The summed E-state index contributed by atoms with van der Waals surface area (Å²) < 4.78 is 0. The van der Waals surface area contributed by atoms with E-state index in [0.717, 1.165) is 25.7 Å². The molecule has 0 aromatic rings. The lowest BCUT2D eigenvalue weighted by atomic mass is 10.0. The number of carbonyl (C=O) groups excluding carboxylic acids is 1. The first-order valence-electron chi connectivity index (χ1n) is 26.9. The first-order chi connectivity index (χ1) is 28.7. The maximum absolute atomic E-state index is 12.4. The monoisotopic (exact) mass is 818 g/mol. The average Bonchev–Trinajstić information content (AvgIpc) is 3.23. The average molecular weight is 818 g/mol. The molecule has 4 heteroatoms. The van der Waals surface area contributed by atoms with Crippen LogP contribution in [-0.4, -0.2) is 34.9 Å². The molecule has 0 fully saturated rings. The summed E-state index contributed by atoms with van der Waals surface area (Å²) in [7, 11) is 0. The van der Waals surface area contributed by atoms with Crippen LogP contribution < -0.4 is 5.32 Å². The molecule has 4 nitrogen and oxygen atoms in total. The molecule has 346 valence electrons. The van der Waals surface area contributed by atoms with Crippen molar-refractivity contribution in [3.05, 3.63) is 12.2 Å². The Hall–Kier alpha value is -0.870. The standard InChI is InChI=1S/C54H107NO3/c1-3-5-7-9-11-13-15-16-17-18-19-20-21-22-23-24-25-26-27-28-29-30-31-32-33-34-35-36-37-38-40-42-44-46-48-50-54(58)55-52(51-56)53(57)49-47-45-43-41-39-14-12-10-8-6-4-2/h47,49,52-53,56-57H,3-46,48,50-51H2,1-2H3,(H,55,58)/b49-47+. The second-order valence-corrected chi connectivity index (χ2v) is 18.7. The summed E-state index contributed by atoms with van der Waals surface area (Å²) >= 11 is 0. The zero-order valence-electron chi connectivity index (χ0n) is 39.8. The topological polar surface area (TPSA) is 69.6 Å². The van der Waals surface area contributed by atoms with Crippen LogP contribution in [0.4, 0.5) is 0 Å². The van der Waals surface area contributed by atoms with Gasteiger partial charge in [0.15, 0.2) is 0 Å². The SMILES string of the molecule is CCCCCCCCCCC/C=C/C(O)C(CO)NC(=O)CCCCCCCCCCCCCCCCCCCCCCCCCCCCCCCCCCCCC. The molecule has 1 amide bonds. The molecule has 0 saturated heterocycles. The summed E-state index contributed by atoms with van der Waals surface area (Å²) in [5, 5.41) is 23.0. The van der Waals surface area contributed by atoms with Crippen LogP contribution in [0.2, 0.25) is 0 Å². The van der Waals surface area contributed by atoms with E-state index in [2.05, 4.69) is 19.2 Å². The van der Waals surface area contributed by atoms with Crippen molar-refractivity contribution in [2.24, 2.45) is 0 Å². The number of carbonyl (C=O) groups is 1. The molecule has 2 unspecified atom stereocenters. The van der Waals surface area contributed by atoms with E-state index in [-0.39, 0.29) is 12.5 Å². The van der Waals surface area contributed by atoms with Crippen molar-refractivity contribution >= 4 is 5.91 Å². The van der Waals surface area contributed by atoms with E-state index < -0.39 is 12.1 Å². The molecular formula is C54H107NO3. The van der Waals surface area contributed by atoms with Gasteiger partial charge in [0, 0.05) is 6.42 Å². The van der Waals surface area contributed by atoms with E-state index in [1.54, 1.807) is 6.08 Å². The highest BCUT2D eigenvalue weighted by atomic mass is 16.3. The molecule has 0 spiro atoms. The highest BCUT2D eigenvalue weighted by molar-refractivity contribution is 5.76. The maximum atomic E-state index is 12.4. The molecule has 0 saturated carbocycles. The molecule has 0 bridgehead atoms. The summed E-state index contributed by atoms with van der Waals surface area (Å²) in [5.41, 5.74) is 0. The molecule has 2 atom stereocenters. The molecule has 0 aromatic heterocycles. The Morgan fingerprint density at radius 3 is 0.897 bits per heavy atom. The Balaban J connectivity index is 3.34. The normalized spacial score (nSPS) is 12.8. The van der Waals surface area contributed by atoms with Gasteiger partial charge in [-0.2, -0.15) is 0 Å². The smallest absolute Gasteiger partial charge is 0.220 e. The minimum absolute atomic E-state index is 0.0588. The molecule has 0 rings (SSSR count). The van der Waals surface area contributed by atoms with Gasteiger partial charge in [-0.15, -0.1) is 0 Å². The van der Waals surface area contributed by atoms with Gasteiger partial charge >= 0.3 is 0 Å². The molecule has 0 aliphatic rings. The van der Waals surface area contributed by atoms with Crippen LogP contribution >= 0.6 is 0 Å². The lowest BCUT2D eigenvalue weighted by Crippen LogP contribution is -2.45. The summed E-state index contributed by atoms with van der Waals surface area (Å²) in [6, 6.07) is -0.616. The summed E-state index contributed by atoms with van der Waals surface area (Å²) in [5.74, 6) is -0.0588. The molecule has 0 aliphatic heterocycles. The Labute approximate surface area is 365 Å². The van der Waals surface area contributed by atoms with Gasteiger partial charge < -0.3 is 15.5 Å². The molecule has 0 aromatic carbocycles. The van der Waals surface area contributed by atoms with Gasteiger partial charge in [0.2, 0.25) is 5.91 Å². The van der Waals surface area contributed by atoms with Gasteiger partial charge in [-0.05, 0) is 19.3 Å². The number of amides is 1. The number of rotatable bonds is 50. The number of unbranched alkanes of at least 4 members (excludes halogenated alkanes) is 43. The van der Waals surface area contributed by atoms with Crippen molar-refractivity contribution in [3.8, 4) is 0 Å². The van der Waals surface area contributed by atoms with Crippen molar-refractivity contribution in [3.63, 3.8) is 0 Å². The lowest BCUT2D eigenvalue weighted by molar-refractivity contribution is -0.123. The van der Waals surface area contributed by atoms with Gasteiger partial charge in [-0.1, -0.05) is 296 Å². The number of aliphatic hydroxyl groups is 2. The highest BCUT2D eigenvalue weighted by Crippen LogP contribution is 2.18. The Morgan fingerprint density at radius 2 is 0.638 bits per heavy atom. The van der Waals surface area contributed by atoms with Crippen molar-refractivity contribution < 1.29 is 15.0 Å². The fraction of sp³-hybridized carbons (Fsp3) is 0.944. The highest BCUT2D eigenvalue weighted by Gasteiger charge is 2.18. The maximum Gasteiger partial charge on any atom is 0.220 e. The van der Waals surface area contributed by atoms with Crippen LogP contribution in [-0.2, 0) is 4.79 Å². The predicted molar refractivity (Wildman–Crippen MR) is 258 cm³/mol. The van der Waals surface area contributed by atoms with E-state index in [9.17, 15) is 15.0 Å². The van der Waals surface area contributed by atoms with Gasteiger partial charge in [-0.25, -0.2) is 0 Å². The molecular weight excluding hydrogens is 711 g/mol. The van der Waals surface area contributed by atoms with E-state index in [4.69, 9.17) is 0 Å². The first-order valence-corrected chi connectivity index (χ1v) is 26.9. The van der Waals surface area contributed by atoms with Gasteiger partial charge in [0.05, 0.1) is 18.8 Å². The van der Waals surface area contributed by atoms with Crippen molar-refractivity contribution in [2.45, 2.75) is 321 Å². The van der Waals surface area contributed by atoms with Gasteiger partial charge in [0.25, 0.3) is 0 Å². The van der Waals surface area contributed by atoms with Crippen molar-refractivity contribution in [1.82, 2.24) is 5.32 Å². The van der Waals surface area contributed by atoms with Crippen LogP contribution in [0.25, 0.3) is 0 Å². The van der Waals surface area contributed by atoms with E-state index in [1.807, 2.05) is 6.08 Å². The van der Waals surface area contributed by atoms with Crippen molar-refractivity contribution in [2.75, 3.05) is 6.61 Å². The summed E-state index contributed by atoms with van der Waals surface area (Å²) in [4.78, 5) is 12.4. The largest absolute Gasteiger partial charge is 0.394 e. The third-order valence-corrected chi connectivity index (χ3v) is 12.8. The molecule has 0 radical (unpaired) electrons. The molecule has 0 aliphatic carbocycles.